The highest BCUT2D eigenvalue weighted by atomic mass is 35.5. The number of hydrogen-bond donors (Lipinski definition) is 3. The molecule has 0 saturated heterocycles. The first kappa shape index (κ1) is 13.5. The van der Waals surface area contributed by atoms with Crippen molar-refractivity contribution in [2.75, 3.05) is 0 Å². The van der Waals surface area contributed by atoms with Crippen molar-refractivity contribution in [2.24, 2.45) is 0 Å². The summed E-state index contributed by atoms with van der Waals surface area (Å²) in [6.07, 6.45) is 0. The molecule has 0 aliphatic heterocycles. The van der Waals surface area contributed by atoms with Gasteiger partial charge >= 0.3 is 0 Å². The third kappa shape index (κ3) is 1.98. The highest BCUT2D eigenvalue weighted by Gasteiger charge is 2.21. The fourth-order valence-corrected chi connectivity index (χ4v) is 2.10. The molecule has 0 aliphatic carbocycles. The van der Waals surface area contributed by atoms with Crippen LogP contribution in [0.1, 0.15) is 20.8 Å². The van der Waals surface area contributed by atoms with Gasteiger partial charge in [0.2, 0.25) is 0 Å². The maximum atomic E-state index is 12.3. The van der Waals surface area contributed by atoms with E-state index >= 15 is 0 Å². The van der Waals surface area contributed by atoms with Crippen LogP contribution in [0.25, 0.3) is 10.8 Å². The molecule has 1 aromatic carbocycles. The van der Waals surface area contributed by atoms with Gasteiger partial charge in [0.1, 0.15) is 0 Å². The van der Waals surface area contributed by atoms with Crippen LogP contribution in [0, 0.1) is 0 Å². The van der Waals surface area contributed by atoms with Gasteiger partial charge in [0.05, 0.1) is 21.3 Å². The molecular formula is C12H13ClN2O4. The molecule has 1 heterocycles. The van der Waals surface area contributed by atoms with Crippen LogP contribution in [0.5, 0.6) is 11.5 Å². The Morgan fingerprint density at radius 2 is 1.84 bits per heavy atom. The quantitative estimate of drug-likeness (QED) is 0.639. The van der Waals surface area contributed by atoms with Crippen molar-refractivity contribution in [3.63, 3.8) is 0 Å². The Kier molecular flexibility index (Phi) is 2.86. The van der Waals surface area contributed by atoms with Gasteiger partial charge < -0.3 is 10.2 Å². The Balaban J connectivity index is 3.09. The third-order valence-corrected chi connectivity index (χ3v) is 3.13. The number of H-pyrrole nitrogens is 1. The van der Waals surface area contributed by atoms with E-state index in [0.29, 0.717) is 0 Å². The second-order valence-electron chi connectivity index (χ2n) is 5.23. The summed E-state index contributed by atoms with van der Waals surface area (Å²) >= 11 is 5.80. The highest BCUT2D eigenvalue weighted by Crippen LogP contribution is 2.36. The lowest BCUT2D eigenvalue weighted by molar-refractivity contribution is 0.337. The van der Waals surface area contributed by atoms with Crippen molar-refractivity contribution in [3.8, 4) is 11.5 Å². The molecule has 6 nitrogen and oxygen atoms in total. The molecule has 0 unspecified atom stereocenters. The number of benzene rings is 1. The molecule has 0 aliphatic rings. The summed E-state index contributed by atoms with van der Waals surface area (Å²) in [5.41, 5.74) is -1.74. The second kappa shape index (κ2) is 4.03. The number of aromatic amines is 1. The smallest absolute Gasteiger partial charge is 0.273 e. The standard InChI is InChI=1S/C12H13ClN2O4/c1-12(2,3)15-11(19)5-4-6(16)9(17)8(13)7(5)10(18)14-15/h4,16-17H,1-3H3,(H,14,18). The predicted octanol–water partition coefficient (Wildman–Crippen LogP) is 1.51. The van der Waals surface area contributed by atoms with Gasteiger partial charge in [0.15, 0.2) is 11.5 Å². The lowest BCUT2D eigenvalue weighted by Crippen LogP contribution is -2.39. The molecule has 3 N–H and O–H groups in total. The van der Waals surface area contributed by atoms with Gasteiger partial charge in [-0.3, -0.25) is 14.7 Å². The fraction of sp³-hybridized carbons (Fsp3) is 0.333. The lowest BCUT2D eigenvalue weighted by Gasteiger charge is -2.22. The van der Waals surface area contributed by atoms with E-state index in [0.717, 1.165) is 10.7 Å². The van der Waals surface area contributed by atoms with Crippen LogP contribution in [-0.4, -0.2) is 20.0 Å². The van der Waals surface area contributed by atoms with Crippen LogP contribution in [0.15, 0.2) is 15.7 Å². The average molecular weight is 285 g/mol. The average Bonchev–Trinajstić information content (AvgIpc) is 2.28. The molecule has 0 amide bonds. The Morgan fingerprint density at radius 1 is 1.26 bits per heavy atom. The maximum absolute atomic E-state index is 12.3. The number of phenols is 2. The zero-order chi connectivity index (χ0) is 14.5. The van der Waals surface area contributed by atoms with E-state index in [4.69, 9.17) is 11.6 Å². The summed E-state index contributed by atoms with van der Waals surface area (Å²) in [5, 5.41) is 20.9. The molecule has 1 aromatic heterocycles. The summed E-state index contributed by atoms with van der Waals surface area (Å²) in [4.78, 5) is 24.3. The molecule has 7 heteroatoms. The van der Waals surface area contributed by atoms with Crippen molar-refractivity contribution < 1.29 is 10.2 Å². The maximum Gasteiger partial charge on any atom is 0.273 e. The Bertz CT molecular complexity index is 783. The lowest BCUT2D eigenvalue weighted by atomic mass is 10.1. The number of aromatic nitrogens is 2. The Labute approximate surface area is 112 Å². The van der Waals surface area contributed by atoms with Gasteiger partial charge in [-0.25, -0.2) is 4.68 Å². The largest absolute Gasteiger partial charge is 0.504 e. The summed E-state index contributed by atoms with van der Waals surface area (Å²) in [5.74, 6) is -1.16. The number of nitrogens with one attached hydrogen (secondary N) is 1. The van der Waals surface area contributed by atoms with Crippen LogP contribution in [0.3, 0.4) is 0 Å². The molecule has 0 radical (unpaired) electrons. The summed E-state index contributed by atoms with van der Waals surface area (Å²) in [6, 6.07) is 1.04. The molecular weight excluding hydrogens is 272 g/mol. The molecule has 2 aromatic rings. The van der Waals surface area contributed by atoms with Gasteiger partial charge in [-0.2, -0.15) is 0 Å². The number of nitrogens with zero attached hydrogens (tertiary/aromatic N) is 1. The minimum Gasteiger partial charge on any atom is -0.504 e. The highest BCUT2D eigenvalue weighted by molar-refractivity contribution is 6.37. The van der Waals surface area contributed by atoms with E-state index in [9.17, 15) is 19.8 Å². The van der Waals surface area contributed by atoms with Crippen LogP contribution in [0.2, 0.25) is 5.02 Å². The van der Waals surface area contributed by atoms with Gasteiger partial charge in [0.25, 0.3) is 11.1 Å². The number of rotatable bonds is 0. The van der Waals surface area contributed by atoms with Gasteiger partial charge in [-0.05, 0) is 26.8 Å². The number of halogens is 1. The minimum atomic E-state index is -0.635. The van der Waals surface area contributed by atoms with Crippen molar-refractivity contribution in [1.82, 2.24) is 9.78 Å². The molecule has 19 heavy (non-hydrogen) atoms. The predicted molar refractivity (Wildman–Crippen MR) is 72.2 cm³/mol. The van der Waals surface area contributed by atoms with E-state index in [1.165, 1.54) is 0 Å². The van der Waals surface area contributed by atoms with Gasteiger partial charge in [0, 0.05) is 0 Å². The molecule has 0 atom stereocenters. The molecule has 0 spiro atoms. The van der Waals surface area contributed by atoms with Crippen molar-refractivity contribution >= 4 is 22.4 Å². The monoisotopic (exact) mass is 284 g/mol. The number of fused-ring (bicyclic) bond motifs is 1. The van der Waals surface area contributed by atoms with E-state index in [-0.39, 0.29) is 15.8 Å². The van der Waals surface area contributed by atoms with E-state index < -0.39 is 28.2 Å². The number of hydrogen-bond acceptors (Lipinski definition) is 4. The number of aromatic hydroxyl groups is 2. The van der Waals surface area contributed by atoms with Gasteiger partial charge in [-0.1, -0.05) is 11.6 Å². The zero-order valence-corrected chi connectivity index (χ0v) is 11.4. The second-order valence-corrected chi connectivity index (χ2v) is 5.61. The number of phenolic OH excluding ortho intramolecular Hbond substituents is 2. The zero-order valence-electron chi connectivity index (χ0n) is 10.6. The normalized spacial score (nSPS) is 12.0. The molecule has 2 rings (SSSR count). The molecule has 0 bridgehead atoms. The Morgan fingerprint density at radius 3 is 2.37 bits per heavy atom. The van der Waals surface area contributed by atoms with E-state index in [1.807, 2.05) is 0 Å². The van der Waals surface area contributed by atoms with E-state index in [2.05, 4.69) is 5.10 Å². The topological polar surface area (TPSA) is 95.3 Å². The van der Waals surface area contributed by atoms with Crippen molar-refractivity contribution in [2.45, 2.75) is 26.3 Å². The van der Waals surface area contributed by atoms with Crippen molar-refractivity contribution in [3.05, 3.63) is 31.8 Å². The molecule has 102 valence electrons. The minimum absolute atomic E-state index is 0.0426. The summed E-state index contributed by atoms with van der Waals surface area (Å²) < 4.78 is 1.16. The molecule has 0 fully saturated rings. The van der Waals surface area contributed by atoms with Crippen molar-refractivity contribution in [1.29, 1.82) is 0 Å². The summed E-state index contributed by atoms with van der Waals surface area (Å²) in [6.45, 7) is 5.24. The van der Waals surface area contributed by atoms with Crippen LogP contribution < -0.4 is 11.1 Å². The fourth-order valence-electron chi connectivity index (χ4n) is 1.82. The van der Waals surface area contributed by atoms with E-state index in [1.54, 1.807) is 20.8 Å². The first-order chi connectivity index (χ1) is 8.64. The SMILES string of the molecule is CC(C)(C)n1[nH]c(=O)c2c(Cl)c(O)c(O)cc2c1=O. The molecule has 0 saturated carbocycles. The third-order valence-electron chi connectivity index (χ3n) is 2.77. The van der Waals surface area contributed by atoms with Crippen LogP contribution >= 0.6 is 11.6 Å². The first-order valence-electron chi connectivity index (χ1n) is 5.54. The first-order valence-corrected chi connectivity index (χ1v) is 5.92. The van der Waals surface area contributed by atoms with Crippen LogP contribution in [0.4, 0.5) is 0 Å². The Hall–Kier alpha value is -1.95. The van der Waals surface area contributed by atoms with Gasteiger partial charge in [-0.15, -0.1) is 0 Å². The van der Waals surface area contributed by atoms with Crippen LogP contribution in [-0.2, 0) is 5.54 Å². The summed E-state index contributed by atoms with van der Waals surface area (Å²) in [7, 11) is 0.